The van der Waals surface area contributed by atoms with E-state index in [4.69, 9.17) is 5.26 Å². The van der Waals surface area contributed by atoms with E-state index in [9.17, 15) is 9.59 Å². The highest BCUT2D eigenvalue weighted by Gasteiger charge is 2.34. The number of thiazole rings is 1. The van der Waals surface area contributed by atoms with Crippen LogP contribution >= 0.6 is 11.3 Å². The van der Waals surface area contributed by atoms with Crippen molar-refractivity contribution in [3.63, 3.8) is 0 Å². The van der Waals surface area contributed by atoms with Gasteiger partial charge in [0.1, 0.15) is 6.04 Å². The van der Waals surface area contributed by atoms with E-state index in [2.05, 4.69) is 10.3 Å². The first kappa shape index (κ1) is 15.2. The third-order valence-corrected chi connectivity index (χ3v) is 4.43. The summed E-state index contributed by atoms with van der Waals surface area (Å²) in [6, 6.07) is 7.99. The van der Waals surface area contributed by atoms with Crippen molar-refractivity contribution in [2.75, 3.05) is 11.9 Å². The zero-order chi connectivity index (χ0) is 16.2. The molecule has 1 aliphatic rings. The smallest absolute Gasteiger partial charge is 0.254 e. The van der Waals surface area contributed by atoms with Crippen LogP contribution < -0.4 is 5.32 Å². The van der Waals surface area contributed by atoms with Gasteiger partial charge < -0.3 is 10.2 Å². The highest BCUT2D eigenvalue weighted by Crippen LogP contribution is 2.22. The van der Waals surface area contributed by atoms with Gasteiger partial charge in [-0.1, -0.05) is 0 Å². The van der Waals surface area contributed by atoms with E-state index in [1.807, 2.05) is 6.07 Å². The molecule has 0 bridgehead atoms. The Labute approximate surface area is 137 Å². The number of benzene rings is 1. The number of nitrogens with zero attached hydrogens (tertiary/aromatic N) is 3. The van der Waals surface area contributed by atoms with Crippen molar-refractivity contribution in [2.45, 2.75) is 18.9 Å². The summed E-state index contributed by atoms with van der Waals surface area (Å²) in [5.74, 6) is -0.397. The lowest BCUT2D eigenvalue weighted by molar-refractivity contribution is -0.119. The Kier molecular flexibility index (Phi) is 4.35. The van der Waals surface area contributed by atoms with Crippen LogP contribution in [0.3, 0.4) is 0 Å². The number of hydrogen-bond donors (Lipinski definition) is 1. The minimum atomic E-state index is -0.484. The van der Waals surface area contributed by atoms with Gasteiger partial charge >= 0.3 is 0 Å². The largest absolute Gasteiger partial charge is 0.327 e. The van der Waals surface area contributed by atoms with E-state index in [-0.39, 0.29) is 11.8 Å². The van der Waals surface area contributed by atoms with Crippen molar-refractivity contribution in [3.8, 4) is 6.07 Å². The minimum Gasteiger partial charge on any atom is -0.327 e. The van der Waals surface area contributed by atoms with Gasteiger partial charge in [-0.15, -0.1) is 11.3 Å². The zero-order valence-corrected chi connectivity index (χ0v) is 13.0. The van der Waals surface area contributed by atoms with Crippen molar-refractivity contribution < 1.29 is 9.59 Å². The maximum absolute atomic E-state index is 12.6. The van der Waals surface area contributed by atoms with E-state index in [1.165, 1.54) is 11.3 Å². The van der Waals surface area contributed by atoms with Gasteiger partial charge in [0.2, 0.25) is 5.91 Å². The minimum absolute atomic E-state index is 0.189. The third kappa shape index (κ3) is 3.22. The molecule has 23 heavy (non-hydrogen) atoms. The van der Waals surface area contributed by atoms with Crippen molar-refractivity contribution in [3.05, 3.63) is 47.0 Å². The standard InChI is InChI=1S/C16H14N4O2S/c17-10-11-3-5-12(6-4-11)15(22)20-8-1-2-13(20)14(21)19-16-18-7-9-23-16/h3-7,9,13H,1-2,8H2,(H,18,19,21). The Morgan fingerprint density at radius 3 is 2.78 bits per heavy atom. The quantitative estimate of drug-likeness (QED) is 0.937. The van der Waals surface area contributed by atoms with Crippen LogP contribution in [0.15, 0.2) is 35.8 Å². The molecule has 1 aromatic heterocycles. The SMILES string of the molecule is N#Cc1ccc(C(=O)N2CCCC2C(=O)Nc2nccs2)cc1. The summed E-state index contributed by atoms with van der Waals surface area (Å²) in [5.41, 5.74) is 0.985. The van der Waals surface area contributed by atoms with Gasteiger partial charge in [0.15, 0.2) is 5.13 Å². The second-order valence-corrected chi connectivity index (χ2v) is 6.07. The molecule has 2 aromatic rings. The lowest BCUT2D eigenvalue weighted by Crippen LogP contribution is -2.43. The maximum Gasteiger partial charge on any atom is 0.254 e. The number of nitriles is 1. The number of aromatic nitrogens is 1. The van der Waals surface area contributed by atoms with Gasteiger partial charge in [0.05, 0.1) is 11.6 Å². The van der Waals surface area contributed by atoms with Gasteiger partial charge in [0, 0.05) is 23.7 Å². The molecule has 3 rings (SSSR count). The average Bonchev–Trinajstić information content (AvgIpc) is 3.25. The lowest BCUT2D eigenvalue weighted by Gasteiger charge is -2.23. The normalized spacial score (nSPS) is 16.8. The van der Waals surface area contributed by atoms with Crippen LogP contribution in [0.2, 0.25) is 0 Å². The molecule has 6 nitrogen and oxygen atoms in total. The number of anilines is 1. The molecule has 2 heterocycles. The maximum atomic E-state index is 12.6. The van der Waals surface area contributed by atoms with Crippen LogP contribution in [0.5, 0.6) is 0 Å². The molecule has 1 fully saturated rings. The van der Waals surface area contributed by atoms with Crippen molar-refractivity contribution >= 4 is 28.3 Å². The fourth-order valence-electron chi connectivity index (χ4n) is 2.61. The van der Waals surface area contributed by atoms with Crippen LogP contribution in [-0.4, -0.2) is 34.3 Å². The first-order valence-corrected chi connectivity index (χ1v) is 8.08. The molecular weight excluding hydrogens is 312 g/mol. The summed E-state index contributed by atoms with van der Waals surface area (Å²) in [4.78, 5) is 30.6. The Morgan fingerprint density at radius 1 is 1.35 bits per heavy atom. The third-order valence-electron chi connectivity index (χ3n) is 3.74. The number of carbonyl (C=O) groups is 2. The fourth-order valence-corrected chi connectivity index (χ4v) is 3.14. The molecule has 1 atom stereocenters. The van der Waals surface area contributed by atoms with Gasteiger partial charge in [0.25, 0.3) is 5.91 Å². The van der Waals surface area contributed by atoms with Gasteiger partial charge in [-0.25, -0.2) is 4.98 Å². The van der Waals surface area contributed by atoms with Gasteiger partial charge in [-0.05, 0) is 37.1 Å². The van der Waals surface area contributed by atoms with Gasteiger partial charge in [-0.2, -0.15) is 5.26 Å². The van der Waals surface area contributed by atoms with Crippen molar-refractivity contribution in [1.29, 1.82) is 5.26 Å². The van der Waals surface area contributed by atoms with E-state index < -0.39 is 6.04 Å². The highest BCUT2D eigenvalue weighted by molar-refractivity contribution is 7.13. The van der Waals surface area contributed by atoms with Crippen LogP contribution in [0.1, 0.15) is 28.8 Å². The molecule has 0 aliphatic carbocycles. The molecule has 116 valence electrons. The molecule has 1 unspecified atom stereocenters. The fraction of sp³-hybridized carbons (Fsp3) is 0.250. The van der Waals surface area contributed by atoms with Crippen molar-refractivity contribution in [1.82, 2.24) is 9.88 Å². The molecule has 1 aliphatic heterocycles. The molecule has 7 heteroatoms. The van der Waals surface area contributed by atoms with Gasteiger partial charge in [-0.3, -0.25) is 9.59 Å². The Hall–Kier alpha value is -2.72. The number of amides is 2. The molecule has 0 saturated carbocycles. The molecule has 0 radical (unpaired) electrons. The average molecular weight is 326 g/mol. The number of hydrogen-bond acceptors (Lipinski definition) is 5. The molecule has 2 amide bonds. The summed E-state index contributed by atoms with van der Waals surface area (Å²) in [5, 5.41) is 13.9. The number of nitrogens with one attached hydrogen (secondary N) is 1. The zero-order valence-electron chi connectivity index (χ0n) is 12.2. The predicted octanol–water partition coefficient (Wildman–Crippen LogP) is 2.26. The number of rotatable bonds is 3. The number of likely N-dealkylation sites (tertiary alicyclic amines) is 1. The van der Waals surface area contributed by atoms with Crippen LogP contribution in [0, 0.1) is 11.3 Å². The van der Waals surface area contributed by atoms with Crippen LogP contribution in [0.25, 0.3) is 0 Å². The molecule has 0 spiro atoms. The lowest BCUT2D eigenvalue weighted by atomic mass is 10.1. The number of carbonyl (C=O) groups excluding carboxylic acids is 2. The molecular formula is C16H14N4O2S. The summed E-state index contributed by atoms with van der Waals surface area (Å²) in [6.45, 7) is 0.550. The summed E-state index contributed by atoms with van der Waals surface area (Å²) >= 11 is 1.34. The van der Waals surface area contributed by atoms with Crippen LogP contribution in [-0.2, 0) is 4.79 Å². The second kappa shape index (κ2) is 6.58. The molecule has 1 saturated heterocycles. The molecule has 1 N–H and O–H groups in total. The summed E-state index contributed by atoms with van der Waals surface area (Å²) in [6.07, 6.45) is 3.05. The predicted molar refractivity (Wildman–Crippen MR) is 86.0 cm³/mol. The monoisotopic (exact) mass is 326 g/mol. The first-order chi connectivity index (χ1) is 11.2. The topological polar surface area (TPSA) is 86.1 Å². The first-order valence-electron chi connectivity index (χ1n) is 7.20. The van der Waals surface area contributed by atoms with E-state index in [0.29, 0.717) is 29.2 Å². The molecule has 1 aromatic carbocycles. The van der Waals surface area contributed by atoms with E-state index in [0.717, 1.165) is 6.42 Å². The van der Waals surface area contributed by atoms with E-state index in [1.54, 1.807) is 40.7 Å². The van der Waals surface area contributed by atoms with Crippen molar-refractivity contribution in [2.24, 2.45) is 0 Å². The highest BCUT2D eigenvalue weighted by atomic mass is 32.1. The van der Waals surface area contributed by atoms with E-state index >= 15 is 0 Å². The summed E-state index contributed by atoms with van der Waals surface area (Å²) < 4.78 is 0. The Morgan fingerprint density at radius 2 is 2.13 bits per heavy atom. The Balaban J connectivity index is 1.73. The van der Waals surface area contributed by atoms with Crippen LogP contribution in [0.4, 0.5) is 5.13 Å². The Bertz CT molecular complexity index is 749. The summed E-state index contributed by atoms with van der Waals surface area (Å²) in [7, 11) is 0. The second-order valence-electron chi connectivity index (χ2n) is 5.17.